The average molecular weight is 501 g/mol. The summed E-state index contributed by atoms with van der Waals surface area (Å²) in [6.07, 6.45) is 3.56. The Hall–Kier alpha value is -2.46. The molecule has 1 unspecified atom stereocenters. The Labute approximate surface area is 203 Å². The van der Waals surface area contributed by atoms with Crippen LogP contribution in [0.1, 0.15) is 18.4 Å². The van der Waals surface area contributed by atoms with Crippen LogP contribution < -0.4 is 10.9 Å². The smallest absolute Gasteiger partial charge is 0.272 e. The lowest BCUT2D eigenvalue weighted by molar-refractivity contribution is -0.113. The number of thiophene rings is 1. The molecule has 1 aliphatic heterocycles. The van der Waals surface area contributed by atoms with Gasteiger partial charge in [-0.25, -0.2) is 9.97 Å². The number of carbonyl (C=O) groups excluding carboxylic acids is 1. The topological polar surface area (TPSA) is 86.1 Å². The van der Waals surface area contributed by atoms with Crippen molar-refractivity contribution in [2.24, 2.45) is 0 Å². The first kappa shape index (κ1) is 22.3. The minimum atomic E-state index is -0.199. The fourth-order valence-corrected chi connectivity index (χ4v) is 5.82. The number of nitrogens with one attached hydrogen (secondary N) is 1. The first-order chi connectivity index (χ1) is 16.0. The lowest BCUT2D eigenvalue weighted by atomic mass is 10.2. The van der Waals surface area contributed by atoms with Crippen LogP contribution in [0, 0.1) is 6.92 Å². The molecule has 1 atom stereocenters. The Balaban J connectivity index is 1.45. The largest absolute Gasteiger partial charge is 0.376 e. The van der Waals surface area contributed by atoms with Gasteiger partial charge >= 0.3 is 0 Å². The number of halogens is 1. The third-order valence-corrected chi connectivity index (χ3v) is 7.99. The van der Waals surface area contributed by atoms with Crippen LogP contribution in [0.25, 0.3) is 20.4 Å². The van der Waals surface area contributed by atoms with Gasteiger partial charge in [0.05, 0.1) is 23.9 Å². The molecule has 1 aliphatic rings. The molecule has 0 saturated carbocycles. The Morgan fingerprint density at radius 3 is 3.06 bits per heavy atom. The lowest BCUT2D eigenvalue weighted by Gasteiger charge is -2.15. The number of fused-ring (bicyclic) bond motifs is 3. The van der Waals surface area contributed by atoms with Crippen LogP contribution in [0.4, 0.5) is 5.69 Å². The average Bonchev–Trinajstić information content (AvgIpc) is 3.45. The quantitative estimate of drug-likeness (QED) is 0.300. The molecule has 1 fully saturated rings. The number of pyridine rings is 1. The van der Waals surface area contributed by atoms with Crippen molar-refractivity contribution in [1.82, 2.24) is 14.5 Å². The van der Waals surface area contributed by atoms with E-state index >= 15 is 0 Å². The van der Waals surface area contributed by atoms with Crippen LogP contribution in [0.2, 0.25) is 5.02 Å². The maximum atomic E-state index is 13.4. The van der Waals surface area contributed by atoms with E-state index in [1.54, 1.807) is 16.8 Å². The zero-order chi connectivity index (χ0) is 22.9. The molecule has 33 heavy (non-hydrogen) atoms. The van der Waals surface area contributed by atoms with E-state index in [0.717, 1.165) is 28.6 Å². The van der Waals surface area contributed by atoms with Crippen molar-refractivity contribution < 1.29 is 9.53 Å². The van der Waals surface area contributed by atoms with Gasteiger partial charge in [-0.3, -0.25) is 14.2 Å². The van der Waals surface area contributed by atoms with Crippen molar-refractivity contribution in [1.29, 1.82) is 0 Å². The molecule has 0 bridgehead atoms. The number of rotatable bonds is 6. The standard InChI is InChI=1S/C23H21ClN4O3S2/c1-13-6-7-14(10-17(13)24)26-18(29)12-32-23-27-19-16-5-2-8-25-21(16)33-20(19)22(30)28(23)11-15-4-3-9-31-15/h2,5-8,10,15H,3-4,9,11-12H2,1H3,(H,26,29). The van der Waals surface area contributed by atoms with Gasteiger partial charge in [0.2, 0.25) is 5.91 Å². The van der Waals surface area contributed by atoms with Crippen LogP contribution in [0.5, 0.6) is 0 Å². The lowest BCUT2D eigenvalue weighted by Crippen LogP contribution is -2.28. The summed E-state index contributed by atoms with van der Waals surface area (Å²) in [5.74, 6) is -0.0928. The highest BCUT2D eigenvalue weighted by atomic mass is 35.5. The molecule has 0 aliphatic carbocycles. The number of hydrogen-bond donors (Lipinski definition) is 1. The molecule has 0 spiro atoms. The van der Waals surface area contributed by atoms with Crippen molar-refractivity contribution in [2.75, 3.05) is 17.7 Å². The van der Waals surface area contributed by atoms with Crippen molar-refractivity contribution in [3.8, 4) is 0 Å². The van der Waals surface area contributed by atoms with Crippen molar-refractivity contribution in [2.45, 2.75) is 37.6 Å². The van der Waals surface area contributed by atoms with E-state index in [0.29, 0.717) is 39.2 Å². The zero-order valence-corrected chi connectivity index (χ0v) is 20.2. The van der Waals surface area contributed by atoms with Gasteiger partial charge in [0.25, 0.3) is 5.56 Å². The molecule has 170 valence electrons. The number of thioether (sulfide) groups is 1. The van der Waals surface area contributed by atoms with E-state index in [-0.39, 0.29) is 23.3 Å². The number of amides is 1. The maximum Gasteiger partial charge on any atom is 0.272 e. The number of aryl methyl sites for hydroxylation is 1. The van der Waals surface area contributed by atoms with Gasteiger partial charge in [-0.15, -0.1) is 11.3 Å². The van der Waals surface area contributed by atoms with E-state index in [4.69, 9.17) is 21.3 Å². The summed E-state index contributed by atoms with van der Waals surface area (Å²) in [5, 5.41) is 4.80. The minimum Gasteiger partial charge on any atom is -0.376 e. The number of anilines is 1. The summed E-state index contributed by atoms with van der Waals surface area (Å²) in [4.78, 5) is 36.0. The Kier molecular flexibility index (Phi) is 6.38. The molecule has 0 radical (unpaired) electrons. The molecule has 1 amide bonds. The Morgan fingerprint density at radius 1 is 1.39 bits per heavy atom. The summed E-state index contributed by atoms with van der Waals surface area (Å²) in [5.41, 5.74) is 2.08. The fraction of sp³-hybridized carbons (Fsp3) is 0.304. The number of hydrogen-bond acceptors (Lipinski definition) is 7. The summed E-state index contributed by atoms with van der Waals surface area (Å²) >= 11 is 8.75. The van der Waals surface area contributed by atoms with Crippen LogP contribution in [0.3, 0.4) is 0 Å². The van der Waals surface area contributed by atoms with Crippen LogP contribution in [-0.4, -0.2) is 38.9 Å². The van der Waals surface area contributed by atoms with Gasteiger partial charge in [-0.05, 0) is 49.6 Å². The van der Waals surface area contributed by atoms with E-state index in [1.807, 2.05) is 31.2 Å². The van der Waals surface area contributed by atoms with Gasteiger partial charge in [-0.1, -0.05) is 29.4 Å². The molecular formula is C23H21ClN4O3S2. The summed E-state index contributed by atoms with van der Waals surface area (Å²) in [6, 6.07) is 9.14. The predicted molar refractivity (Wildman–Crippen MR) is 134 cm³/mol. The molecule has 1 N–H and O–H groups in total. The Bertz CT molecular complexity index is 1410. The molecule has 10 heteroatoms. The number of carbonyl (C=O) groups is 1. The molecule has 4 aromatic rings. The molecule has 1 aromatic carbocycles. The van der Waals surface area contributed by atoms with Gasteiger partial charge in [0, 0.05) is 28.9 Å². The SMILES string of the molecule is Cc1ccc(NC(=O)CSc2nc3c(sc4ncccc43)c(=O)n2CC2CCCO2)cc1Cl. The summed E-state index contributed by atoms with van der Waals surface area (Å²) < 4.78 is 7.99. The zero-order valence-electron chi connectivity index (χ0n) is 17.8. The summed E-state index contributed by atoms with van der Waals surface area (Å²) in [7, 11) is 0. The minimum absolute atomic E-state index is 0.0302. The number of benzene rings is 1. The number of ether oxygens (including phenoxy) is 1. The second kappa shape index (κ2) is 9.42. The van der Waals surface area contributed by atoms with Crippen molar-refractivity contribution in [3.63, 3.8) is 0 Å². The fourth-order valence-electron chi connectivity index (χ4n) is 3.80. The monoisotopic (exact) mass is 500 g/mol. The molecule has 7 nitrogen and oxygen atoms in total. The summed E-state index contributed by atoms with van der Waals surface area (Å²) in [6.45, 7) is 3.02. The highest BCUT2D eigenvalue weighted by Crippen LogP contribution is 2.31. The number of nitrogens with zero attached hydrogens (tertiary/aromatic N) is 3. The normalized spacial score (nSPS) is 16.0. The predicted octanol–water partition coefficient (Wildman–Crippen LogP) is 4.88. The molecular weight excluding hydrogens is 480 g/mol. The molecule has 5 rings (SSSR count). The second-order valence-electron chi connectivity index (χ2n) is 7.88. The molecule has 3 aromatic heterocycles. The van der Waals surface area contributed by atoms with Crippen molar-refractivity contribution >= 4 is 66.7 Å². The third kappa shape index (κ3) is 4.63. The van der Waals surface area contributed by atoms with E-state index in [1.165, 1.54) is 23.1 Å². The second-order valence-corrected chi connectivity index (χ2v) is 10.2. The van der Waals surface area contributed by atoms with Crippen LogP contribution in [-0.2, 0) is 16.1 Å². The van der Waals surface area contributed by atoms with Gasteiger partial charge < -0.3 is 10.1 Å². The molecule has 1 saturated heterocycles. The maximum absolute atomic E-state index is 13.4. The van der Waals surface area contributed by atoms with Gasteiger partial charge in [0.1, 0.15) is 9.53 Å². The first-order valence-corrected chi connectivity index (χ1v) is 12.8. The van der Waals surface area contributed by atoms with Gasteiger partial charge in [0.15, 0.2) is 5.16 Å². The van der Waals surface area contributed by atoms with E-state index in [2.05, 4.69) is 10.3 Å². The Morgan fingerprint density at radius 2 is 2.27 bits per heavy atom. The highest BCUT2D eigenvalue weighted by molar-refractivity contribution is 7.99. The van der Waals surface area contributed by atoms with Crippen LogP contribution >= 0.6 is 34.7 Å². The van der Waals surface area contributed by atoms with E-state index in [9.17, 15) is 9.59 Å². The first-order valence-electron chi connectivity index (χ1n) is 10.6. The third-order valence-electron chi connectivity index (χ3n) is 5.52. The van der Waals surface area contributed by atoms with E-state index < -0.39 is 0 Å². The highest BCUT2D eigenvalue weighted by Gasteiger charge is 2.22. The van der Waals surface area contributed by atoms with Gasteiger partial charge in [-0.2, -0.15) is 0 Å². The van der Waals surface area contributed by atoms with Crippen LogP contribution in [0.15, 0.2) is 46.5 Å². The van der Waals surface area contributed by atoms with Crippen molar-refractivity contribution in [3.05, 3.63) is 57.5 Å². The molecule has 4 heterocycles. The number of aromatic nitrogens is 3.